The van der Waals surface area contributed by atoms with Crippen LogP contribution >= 0.6 is 15.9 Å². The monoisotopic (exact) mass is 379 g/mol. The van der Waals surface area contributed by atoms with Crippen molar-refractivity contribution in [3.63, 3.8) is 0 Å². The van der Waals surface area contributed by atoms with Crippen molar-refractivity contribution in [1.82, 2.24) is 10.2 Å². The van der Waals surface area contributed by atoms with Crippen molar-refractivity contribution in [2.75, 3.05) is 18.4 Å². The molecular weight excluding hydrogens is 358 g/mol. The molecule has 1 heterocycles. The van der Waals surface area contributed by atoms with Crippen LogP contribution in [0.3, 0.4) is 0 Å². The minimum atomic E-state index is -0.142. The maximum absolute atomic E-state index is 12.5. The van der Waals surface area contributed by atoms with Gasteiger partial charge in [0, 0.05) is 29.3 Å². The van der Waals surface area contributed by atoms with Crippen LogP contribution in [0.5, 0.6) is 0 Å². The Hall–Kier alpha value is -1.56. The molecule has 0 bridgehead atoms. The quantitative estimate of drug-likeness (QED) is 0.846. The highest BCUT2D eigenvalue weighted by atomic mass is 79.9. The second-order valence-corrected chi connectivity index (χ2v) is 7.37. The highest BCUT2D eigenvalue weighted by Crippen LogP contribution is 2.24. The number of anilines is 1. The summed E-state index contributed by atoms with van der Waals surface area (Å²) in [5.74, 6) is -0.143. The van der Waals surface area contributed by atoms with Gasteiger partial charge in [0.15, 0.2) is 0 Å². The number of likely N-dealkylation sites (tertiary alicyclic amines) is 1. The van der Waals surface area contributed by atoms with E-state index in [4.69, 9.17) is 0 Å². The number of hydrogen-bond donors (Lipinski definition) is 2. The maximum atomic E-state index is 12.5. The first-order chi connectivity index (χ1) is 11.0. The van der Waals surface area contributed by atoms with Crippen molar-refractivity contribution in [2.45, 2.75) is 38.6 Å². The van der Waals surface area contributed by atoms with Crippen LogP contribution < -0.4 is 10.6 Å². The molecule has 1 aliphatic carbocycles. The number of nitrogens with one attached hydrogen (secondary N) is 2. The molecule has 0 aromatic heterocycles. The third kappa shape index (κ3) is 4.25. The van der Waals surface area contributed by atoms with E-state index in [1.165, 1.54) is 0 Å². The number of halogens is 1. The molecule has 0 radical (unpaired) electrons. The zero-order valence-electron chi connectivity index (χ0n) is 13.3. The predicted octanol–water partition coefficient (Wildman–Crippen LogP) is 3.28. The Morgan fingerprint density at radius 2 is 2.04 bits per heavy atom. The van der Waals surface area contributed by atoms with Crippen molar-refractivity contribution in [1.29, 1.82) is 0 Å². The Balaban J connectivity index is 1.58. The third-order valence-corrected chi connectivity index (χ3v) is 4.92. The molecule has 3 rings (SSSR count). The summed E-state index contributed by atoms with van der Waals surface area (Å²) < 4.78 is 0.994. The van der Waals surface area contributed by atoms with Crippen molar-refractivity contribution >= 4 is 33.6 Å². The van der Waals surface area contributed by atoms with Crippen LogP contribution in [0, 0.1) is 12.8 Å². The van der Waals surface area contributed by atoms with Gasteiger partial charge in [0.25, 0.3) is 0 Å². The molecule has 23 heavy (non-hydrogen) atoms. The van der Waals surface area contributed by atoms with Crippen LogP contribution in [0.4, 0.5) is 10.5 Å². The van der Waals surface area contributed by atoms with Crippen LogP contribution in [-0.4, -0.2) is 36.0 Å². The number of urea groups is 1. The number of rotatable bonds is 3. The van der Waals surface area contributed by atoms with E-state index < -0.39 is 0 Å². The van der Waals surface area contributed by atoms with Gasteiger partial charge in [-0.15, -0.1) is 0 Å². The fourth-order valence-corrected chi connectivity index (χ4v) is 3.35. The van der Waals surface area contributed by atoms with Gasteiger partial charge in [-0.1, -0.05) is 15.9 Å². The summed E-state index contributed by atoms with van der Waals surface area (Å²) >= 11 is 3.42. The second-order valence-electron chi connectivity index (χ2n) is 6.46. The number of carbonyl (C=O) groups is 2. The van der Waals surface area contributed by atoms with Crippen molar-refractivity contribution in [2.24, 2.45) is 5.92 Å². The molecule has 6 heteroatoms. The fourth-order valence-electron chi connectivity index (χ4n) is 2.87. The summed E-state index contributed by atoms with van der Waals surface area (Å²) in [7, 11) is 0. The molecule has 3 amide bonds. The summed E-state index contributed by atoms with van der Waals surface area (Å²) in [5.41, 5.74) is 1.85. The second kappa shape index (κ2) is 6.91. The van der Waals surface area contributed by atoms with E-state index in [2.05, 4.69) is 26.6 Å². The molecule has 1 unspecified atom stereocenters. The molecule has 2 aliphatic rings. The fraction of sp³-hybridized carbons (Fsp3) is 0.529. The molecule has 1 saturated carbocycles. The smallest absolute Gasteiger partial charge is 0.317 e. The van der Waals surface area contributed by atoms with Crippen molar-refractivity contribution in [3.05, 3.63) is 28.2 Å². The topological polar surface area (TPSA) is 61.4 Å². The Labute approximate surface area is 144 Å². The molecule has 1 atom stereocenters. The first-order valence-electron chi connectivity index (χ1n) is 8.15. The van der Waals surface area contributed by atoms with Gasteiger partial charge in [-0.25, -0.2) is 4.79 Å². The lowest BCUT2D eigenvalue weighted by molar-refractivity contribution is -0.121. The molecule has 2 fully saturated rings. The lowest BCUT2D eigenvalue weighted by atomic mass is 9.97. The average molecular weight is 380 g/mol. The summed E-state index contributed by atoms with van der Waals surface area (Å²) in [6, 6.07) is 6.12. The molecular formula is C17H22BrN3O2. The first kappa shape index (κ1) is 16.3. The van der Waals surface area contributed by atoms with Gasteiger partial charge in [0.05, 0.1) is 5.92 Å². The normalized spacial score (nSPS) is 21.0. The number of carbonyl (C=O) groups excluding carboxylic acids is 2. The zero-order chi connectivity index (χ0) is 16.4. The van der Waals surface area contributed by atoms with Crippen LogP contribution in [0.25, 0.3) is 0 Å². The molecule has 1 aromatic rings. The first-order valence-corrected chi connectivity index (χ1v) is 8.94. The molecule has 2 N–H and O–H groups in total. The van der Waals surface area contributed by atoms with Gasteiger partial charge in [0.1, 0.15) is 0 Å². The van der Waals surface area contributed by atoms with E-state index in [0.29, 0.717) is 12.6 Å². The van der Waals surface area contributed by atoms with E-state index >= 15 is 0 Å². The molecule has 1 aromatic carbocycles. The summed E-state index contributed by atoms with van der Waals surface area (Å²) in [6.45, 7) is 3.20. The number of hydrogen-bond acceptors (Lipinski definition) is 2. The van der Waals surface area contributed by atoms with Gasteiger partial charge in [0.2, 0.25) is 5.91 Å². The number of aryl methyl sites for hydroxylation is 1. The molecule has 1 saturated heterocycles. The van der Waals surface area contributed by atoms with Gasteiger partial charge in [-0.05, 0) is 56.4 Å². The van der Waals surface area contributed by atoms with Gasteiger partial charge in [-0.2, -0.15) is 0 Å². The molecule has 0 spiro atoms. The van der Waals surface area contributed by atoms with Gasteiger partial charge < -0.3 is 15.5 Å². The van der Waals surface area contributed by atoms with Crippen LogP contribution in [0.2, 0.25) is 0 Å². The summed E-state index contributed by atoms with van der Waals surface area (Å²) in [6.07, 6.45) is 3.85. The minimum Gasteiger partial charge on any atom is -0.335 e. The Kier molecular flexibility index (Phi) is 4.90. The molecule has 1 aliphatic heterocycles. The van der Waals surface area contributed by atoms with Crippen LogP contribution in [-0.2, 0) is 4.79 Å². The van der Waals surface area contributed by atoms with Crippen molar-refractivity contribution < 1.29 is 9.59 Å². The van der Waals surface area contributed by atoms with E-state index in [-0.39, 0.29) is 17.9 Å². The number of nitrogens with zero attached hydrogens (tertiary/aromatic N) is 1. The lowest BCUT2D eigenvalue weighted by Crippen LogP contribution is -2.48. The largest absolute Gasteiger partial charge is 0.335 e. The van der Waals surface area contributed by atoms with E-state index in [1.807, 2.05) is 25.1 Å². The van der Waals surface area contributed by atoms with E-state index in [9.17, 15) is 9.59 Å². The standard InChI is InChI=1S/C17H22BrN3O2/c1-11-9-13(18)4-7-15(11)20-16(22)12-3-2-8-21(10-12)17(23)19-14-5-6-14/h4,7,9,12,14H,2-3,5-6,8,10H2,1H3,(H,19,23)(H,20,22). The Morgan fingerprint density at radius 3 is 2.74 bits per heavy atom. The average Bonchev–Trinajstić information content (AvgIpc) is 3.34. The van der Waals surface area contributed by atoms with E-state index in [0.717, 1.165) is 48.0 Å². The molecule has 5 nitrogen and oxygen atoms in total. The molecule has 124 valence electrons. The minimum absolute atomic E-state index is 0.000607. The highest BCUT2D eigenvalue weighted by Gasteiger charge is 2.31. The summed E-state index contributed by atoms with van der Waals surface area (Å²) in [4.78, 5) is 26.4. The zero-order valence-corrected chi connectivity index (χ0v) is 14.9. The lowest BCUT2D eigenvalue weighted by Gasteiger charge is -2.32. The number of piperidine rings is 1. The van der Waals surface area contributed by atoms with Crippen molar-refractivity contribution in [3.8, 4) is 0 Å². The predicted molar refractivity (Wildman–Crippen MR) is 93.4 cm³/mol. The Bertz CT molecular complexity index is 616. The van der Waals surface area contributed by atoms with Crippen LogP contribution in [0.15, 0.2) is 22.7 Å². The highest BCUT2D eigenvalue weighted by molar-refractivity contribution is 9.10. The van der Waals surface area contributed by atoms with Gasteiger partial charge in [-0.3, -0.25) is 4.79 Å². The summed E-state index contributed by atoms with van der Waals surface area (Å²) in [5, 5.41) is 6.00. The van der Waals surface area contributed by atoms with E-state index in [1.54, 1.807) is 4.90 Å². The number of amides is 3. The van der Waals surface area contributed by atoms with Gasteiger partial charge >= 0.3 is 6.03 Å². The maximum Gasteiger partial charge on any atom is 0.317 e. The third-order valence-electron chi connectivity index (χ3n) is 4.43. The SMILES string of the molecule is Cc1cc(Br)ccc1NC(=O)C1CCCN(C(=O)NC2CC2)C1. The van der Waals surface area contributed by atoms with Crippen LogP contribution in [0.1, 0.15) is 31.2 Å². The number of benzene rings is 1. The Morgan fingerprint density at radius 1 is 1.26 bits per heavy atom.